The van der Waals surface area contributed by atoms with Gasteiger partial charge >= 0.3 is 0 Å². The summed E-state index contributed by atoms with van der Waals surface area (Å²) < 4.78 is 26.0. The van der Waals surface area contributed by atoms with Crippen molar-refractivity contribution in [2.75, 3.05) is 11.9 Å². The Morgan fingerprint density at radius 3 is 2.68 bits per heavy atom. The van der Waals surface area contributed by atoms with Crippen LogP contribution in [0.15, 0.2) is 35.4 Å². The lowest BCUT2D eigenvalue weighted by atomic mass is 10.3. The van der Waals surface area contributed by atoms with E-state index in [0.29, 0.717) is 12.2 Å². The first kappa shape index (κ1) is 15.6. The van der Waals surface area contributed by atoms with E-state index >= 15 is 0 Å². The monoisotopic (exact) mass is 319 g/mol. The molecule has 1 aromatic carbocycles. The summed E-state index contributed by atoms with van der Waals surface area (Å²) in [4.78, 5) is 0.169. The number of nitrogens with one attached hydrogen (secondary N) is 3. The van der Waals surface area contributed by atoms with E-state index in [1.165, 1.54) is 18.3 Å². The van der Waals surface area contributed by atoms with Gasteiger partial charge in [-0.05, 0) is 29.5 Å². The molecule has 9 nitrogen and oxygen atoms in total. The largest absolute Gasteiger partial charge is 0.360 e. The number of nitriles is 1. The second kappa shape index (κ2) is 6.79. The molecule has 0 aliphatic rings. The number of benzene rings is 1. The molecule has 0 radical (unpaired) electrons. The van der Waals surface area contributed by atoms with Gasteiger partial charge in [-0.25, -0.2) is 13.1 Å². The summed E-state index contributed by atoms with van der Waals surface area (Å²) in [6.45, 7) is 2.03. The van der Waals surface area contributed by atoms with Gasteiger partial charge in [0, 0.05) is 18.4 Å². The van der Waals surface area contributed by atoms with Crippen molar-refractivity contribution in [2.24, 2.45) is 0 Å². The summed E-state index contributed by atoms with van der Waals surface area (Å²) in [6.07, 6.45) is 1.42. The fourth-order valence-corrected chi connectivity index (χ4v) is 2.62. The standard InChI is InChI=1S/C12H13N7O2S/c1-2-15-22(20,21)11-5-3-10(4-6-11)14-8-9(7-13)12-16-18-19-17-12/h3-6,8,14-15H,2H2,1H3,(H,16,17,18,19). The molecule has 1 aromatic heterocycles. The van der Waals surface area contributed by atoms with Gasteiger partial charge in [-0.1, -0.05) is 6.92 Å². The molecule has 0 saturated heterocycles. The fraction of sp³-hybridized carbons (Fsp3) is 0.167. The van der Waals surface area contributed by atoms with Crippen molar-refractivity contribution in [1.82, 2.24) is 25.3 Å². The smallest absolute Gasteiger partial charge is 0.240 e. The third-order valence-electron chi connectivity index (χ3n) is 2.59. The number of aromatic amines is 1. The van der Waals surface area contributed by atoms with E-state index < -0.39 is 10.0 Å². The Balaban J connectivity index is 2.14. The van der Waals surface area contributed by atoms with E-state index in [4.69, 9.17) is 5.26 Å². The van der Waals surface area contributed by atoms with Crippen molar-refractivity contribution in [3.05, 3.63) is 36.3 Å². The molecule has 2 aromatic rings. The zero-order valence-electron chi connectivity index (χ0n) is 11.6. The summed E-state index contributed by atoms with van der Waals surface area (Å²) in [7, 11) is -3.48. The molecule has 1 heterocycles. The van der Waals surface area contributed by atoms with Crippen molar-refractivity contribution >= 4 is 21.3 Å². The van der Waals surface area contributed by atoms with E-state index in [1.807, 2.05) is 6.07 Å². The molecule has 10 heteroatoms. The van der Waals surface area contributed by atoms with Crippen LogP contribution in [0, 0.1) is 11.3 Å². The molecule has 0 fully saturated rings. The highest BCUT2D eigenvalue weighted by molar-refractivity contribution is 7.89. The van der Waals surface area contributed by atoms with E-state index in [1.54, 1.807) is 19.1 Å². The molecule has 22 heavy (non-hydrogen) atoms. The van der Waals surface area contributed by atoms with E-state index in [0.717, 1.165) is 0 Å². The molecule has 0 aliphatic carbocycles. The first-order valence-electron chi connectivity index (χ1n) is 6.27. The molecular formula is C12H13N7O2S. The van der Waals surface area contributed by atoms with Gasteiger partial charge in [-0.2, -0.15) is 10.5 Å². The number of tetrazole rings is 1. The summed E-state index contributed by atoms with van der Waals surface area (Å²) in [6, 6.07) is 8.05. The summed E-state index contributed by atoms with van der Waals surface area (Å²) in [5.74, 6) is 0.168. The zero-order chi connectivity index (χ0) is 16.0. The maximum atomic E-state index is 11.8. The van der Waals surface area contributed by atoms with Crippen molar-refractivity contribution in [3.8, 4) is 6.07 Å². The summed E-state index contributed by atoms with van der Waals surface area (Å²) in [5.41, 5.74) is 0.810. The number of nitrogens with zero attached hydrogens (tertiary/aromatic N) is 4. The van der Waals surface area contributed by atoms with Gasteiger partial charge in [-0.3, -0.25) is 0 Å². The number of H-pyrrole nitrogens is 1. The predicted octanol–water partition coefficient (Wildman–Crippen LogP) is 0.474. The number of hydrogen-bond donors (Lipinski definition) is 3. The van der Waals surface area contributed by atoms with Gasteiger partial charge in [-0.15, -0.1) is 10.2 Å². The van der Waals surface area contributed by atoms with Crippen LogP contribution in [0.2, 0.25) is 0 Å². The lowest BCUT2D eigenvalue weighted by Gasteiger charge is -2.06. The third-order valence-corrected chi connectivity index (χ3v) is 4.15. The Morgan fingerprint density at radius 2 is 2.14 bits per heavy atom. The second-order valence-electron chi connectivity index (χ2n) is 4.08. The minimum absolute atomic E-state index is 0.168. The molecule has 0 atom stereocenters. The quantitative estimate of drug-likeness (QED) is 0.658. The van der Waals surface area contributed by atoms with E-state index in [-0.39, 0.29) is 16.3 Å². The number of anilines is 1. The van der Waals surface area contributed by atoms with Gasteiger partial charge in [0.1, 0.15) is 11.6 Å². The maximum absolute atomic E-state index is 11.8. The van der Waals surface area contributed by atoms with Gasteiger partial charge < -0.3 is 5.32 Å². The molecule has 0 unspecified atom stereocenters. The average molecular weight is 319 g/mol. The topological polar surface area (TPSA) is 136 Å². The normalized spacial score (nSPS) is 11.9. The van der Waals surface area contributed by atoms with Gasteiger partial charge in [0.25, 0.3) is 0 Å². The van der Waals surface area contributed by atoms with Crippen LogP contribution >= 0.6 is 0 Å². The Labute approximate surface area is 127 Å². The molecule has 0 aliphatic heterocycles. The van der Waals surface area contributed by atoms with Crippen LogP contribution in [-0.2, 0) is 10.0 Å². The average Bonchev–Trinajstić information content (AvgIpc) is 3.03. The number of rotatable bonds is 6. The highest BCUT2D eigenvalue weighted by Gasteiger charge is 2.11. The lowest BCUT2D eigenvalue weighted by molar-refractivity contribution is 0.584. The number of allylic oxidation sites excluding steroid dienone is 1. The van der Waals surface area contributed by atoms with Crippen molar-refractivity contribution in [1.29, 1.82) is 5.26 Å². The van der Waals surface area contributed by atoms with Crippen LogP contribution in [-0.4, -0.2) is 35.6 Å². The molecule has 0 spiro atoms. The summed E-state index contributed by atoms with van der Waals surface area (Å²) >= 11 is 0. The highest BCUT2D eigenvalue weighted by atomic mass is 32.2. The minimum Gasteiger partial charge on any atom is -0.360 e. The van der Waals surface area contributed by atoms with Gasteiger partial charge in [0.2, 0.25) is 15.8 Å². The Kier molecular flexibility index (Phi) is 4.82. The van der Waals surface area contributed by atoms with E-state index in [9.17, 15) is 8.42 Å². The molecule has 0 amide bonds. The van der Waals surface area contributed by atoms with Crippen molar-refractivity contribution < 1.29 is 8.42 Å². The molecule has 114 valence electrons. The van der Waals surface area contributed by atoms with Crippen LogP contribution < -0.4 is 10.0 Å². The first-order valence-corrected chi connectivity index (χ1v) is 7.75. The van der Waals surface area contributed by atoms with Gasteiger partial charge in [0.15, 0.2) is 0 Å². The molecule has 2 rings (SSSR count). The molecule has 0 bridgehead atoms. The SMILES string of the molecule is CCNS(=O)(=O)c1ccc(NC=C(C#N)c2nn[nH]n2)cc1. The molecule has 0 saturated carbocycles. The Hall–Kier alpha value is -2.77. The van der Waals surface area contributed by atoms with Crippen LogP contribution in [0.1, 0.15) is 12.7 Å². The molecule has 3 N–H and O–H groups in total. The van der Waals surface area contributed by atoms with E-state index in [2.05, 4.69) is 30.7 Å². The summed E-state index contributed by atoms with van der Waals surface area (Å²) in [5, 5.41) is 24.9. The Morgan fingerprint density at radius 1 is 1.41 bits per heavy atom. The number of hydrogen-bond acceptors (Lipinski definition) is 7. The molecular weight excluding hydrogens is 306 g/mol. The van der Waals surface area contributed by atoms with Gasteiger partial charge in [0.05, 0.1) is 4.90 Å². The predicted molar refractivity (Wildman–Crippen MR) is 78.7 cm³/mol. The van der Waals surface area contributed by atoms with Crippen LogP contribution in [0.5, 0.6) is 0 Å². The van der Waals surface area contributed by atoms with Crippen LogP contribution in [0.25, 0.3) is 5.57 Å². The fourth-order valence-electron chi connectivity index (χ4n) is 1.58. The zero-order valence-corrected chi connectivity index (χ0v) is 12.4. The Bertz CT molecular complexity index is 789. The second-order valence-corrected chi connectivity index (χ2v) is 5.84. The van der Waals surface area contributed by atoms with Crippen molar-refractivity contribution in [3.63, 3.8) is 0 Å². The third kappa shape index (κ3) is 3.66. The number of sulfonamides is 1. The maximum Gasteiger partial charge on any atom is 0.240 e. The number of aromatic nitrogens is 4. The van der Waals surface area contributed by atoms with Crippen LogP contribution in [0.3, 0.4) is 0 Å². The first-order chi connectivity index (χ1) is 10.6. The highest BCUT2D eigenvalue weighted by Crippen LogP contribution is 2.15. The van der Waals surface area contributed by atoms with Crippen molar-refractivity contribution in [2.45, 2.75) is 11.8 Å². The van der Waals surface area contributed by atoms with Crippen LogP contribution in [0.4, 0.5) is 5.69 Å². The lowest BCUT2D eigenvalue weighted by Crippen LogP contribution is -2.22. The minimum atomic E-state index is -3.48.